The summed E-state index contributed by atoms with van der Waals surface area (Å²) < 4.78 is 7.01. The molecule has 1 aromatic heterocycles. The molecule has 5 heteroatoms. The van der Waals surface area contributed by atoms with E-state index in [2.05, 4.69) is 34.3 Å². The quantitative estimate of drug-likeness (QED) is 0.821. The Hall–Kier alpha value is -0.490. The van der Waals surface area contributed by atoms with E-state index in [1.807, 2.05) is 24.3 Å². The monoisotopic (exact) mass is 343 g/mol. The van der Waals surface area contributed by atoms with Gasteiger partial charge >= 0.3 is 0 Å². The van der Waals surface area contributed by atoms with Gasteiger partial charge < -0.3 is 10.5 Å². The van der Waals surface area contributed by atoms with Crippen LogP contribution in [0.25, 0.3) is 0 Å². The van der Waals surface area contributed by atoms with E-state index in [0.29, 0.717) is 6.54 Å². The van der Waals surface area contributed by atoms with Crippen LogP contribution in [-0.4, -0.2) is 12.8 Å². The molecular formula is C13H14BrNOS2. The molecule has 0 aliphatic heterocycles. The highest BCUT2D eigenvalue weighted by Crippen LogP contribution is 2.30. The van der Waals surface area contributed by atoms with Crippen LogP contribution in [-0.2, 0) is 0 Å². The first-order valence-corrected chi connectivity index (χ1v) is 8.32. The zero-order valence-corrected chi connectivity index (χ0v) is 13.1. The van der Waals surface area contributed by atoms with Gasteiger partial charge in [0, 0.05) is 16.3 Å². The maximum atomic E-state index is 5.92. The van der Waals surface area contributed by atoms with Crippen molar-refractivity contribution in [3.8, 4) is 5.75 Å². The molecule has 0 fully saturated rings. The number of thiophene rings is 1. The van der Waals surface area contributed by atoms with Gasteiger partial charge in [0.2, 0.25) is 0 Å². The van der Waals surface area contributed by atoms with Crippen molar-refractivity contribution in [1.82, 2.24) is 0 Å². The molecule has 1 heterocycles. The predicted molar refractivity (Wildman–Crippen MR) is 82.7 cm³/mol. The number of thioether (sulfide) groups is 1. The van der Waals surface area contributed by atoms with E-state index >= 15 is 0 Å². The normalized spacial score (nSPS) is 12.4. The minimum atomic E-state index is -0.0820. The molecule has 2 nitrogen and oxygen atoms in total. The van der Waals surface area contributed by atoms with Gasteiger partial charge in [-0.2, -0.15) is 0 Å². The summed E-state index contributed by atoms with van der Waals surface area (Å²) in [6, 6.07) is 12.1. The lowest BCUT2D eigenvalue weighted by molar-refractivity contribution is 0.218. The van der Waals surface area contributed by atoms with E-state index in [4.69, 9.17) is 10.5 Å². The fourth-order valence-electron chi connectivity index (χ4n) is 1.54. The lowest BCUT2D eigenvalue weighted by atomic mass is 10.3. The summed E-state index contributed by atoms with van der Waals surface area (Å²) in [6.07, 6.45) is 1.98. The van der Waals surface area contributed by atoms with Crippen LogP contribution in [0.2, 0.25) is 0 Å². The lowest BCUT2D eigenvalue weighted by Gasteiger charge is -2.16. The fraction of sp³-hybridized carbons (Fsp3) is 0.231. The Morgan fingerprint density at radius 2 is 2.00 bits per heavy atom. The molecule has 0 spiro atoms. The van der Waals surface area contributed by atoms with E-state index in [1.165, 1.54) is 4.90 Å². The van der Waals surface area contributed by atoms with Gasteiger partial charge in [-0.3, -0.25) is 0 Å². The van der Waals surface area contributed by atoms with Crippen LogP contribution in [0.1, 0.15) is 11.0 Å². The molecule has 1 atom stereocenters. The molecule has 2 N–H and O–H groups in total. The number of hydrogen-bond acceptors (Lipinski definition) is 4. The van der Waals surface area contributed by atoms with Crippen LogP contribution in [0.5, 0.6) is 5.75 Å². The summed E-state index contributed by atoms with van der Waals surface area (Å²) in [5, 5.41) is 0. The van der Waals surface area contributed by atoms with Crippen molar-refractivity contribution in [1.29, 1.82) is 0 Å². The molecule has 0 bridgehead atoms. The minimum absolute atomic E-state index is 0.0820. The third kappa shape index (κ3) is 3.51. The Morgan fingerprint density at radius 1 is 1.28 bits per heavy atom. The zero-order chi connectivity index (χ0) is 13.0. The van der Waals surface area contributed by atoms with Crippen molar-refractivity contribution < 1.29 is 4.74 Å². The Labute approximate surface area is 124 Å². The summed E-state index contributed by atoms with van der Waals surface area (Å²) in [5.41, 5.74) is 5.78. The molecule has 2 rings (SSSR count). The zero-order valence-electron chi connectivity index (χ0n) is 9.93. The Morgan fingerprint density at radius 3 is 2.50 bits per heavy atom. The summed E-state index contributed by atoms with van der Waals surface area (Å²) in [6.45, 7) is 0.469. The number of ether oxygens (including phenoxy) is 1. The maximum absolute atomic E-state index is 5.92. The fourth-order valence-corrected chi connectivity index (χ4v) is 3.42. The average Bonchev–Trinajstić information content (AvgIpc) is 2.83. The van der Waals surface area contributed by atoms with Crippen LogP contribution in [0, 0.1) is 0 Å². The van der Waals surface area contributed by atoms with Gasteiger partial charge in [0.15, 0.2) is 0 Å². The first-order chi connectivity index (χ1) is 8.72. The highest BCUT2D eigenvalue weighted by atomic mass is 79.9. The molecule has 96 valence electrons. The summed E-state index contributed by atoms with van der Waals surface area (Å²) in [4.78, 5) is 2.36. The molecular weight excluding hydrogens is 330 g/mol. The van der Waals surface area contributed by atoms with Gasteiger partial charge in [-0.05, 0) is 58.6 Å². The van der Waals surface area contributed by atoms with E-state index in [-0.39, 0.29) is 6.10 Å². The second kappa shape index (κ2) is 6.61. The van der Waals surface area contributed by atoms with Gasteiger partial charge in [-0.1, -0.05) is 0 Å². The number of rotatable bonds is 5. The van der Waals surface area contributed by atoms with Crippen molar-refractivity contribution in [3.63, 3.8) is 0 Å². The first kappa shape index (κ1) is 13.9. The van der Waals surface area contributed by atoms with Crippen LogP contribution >= 0.6 is 39.0 Å². The molecule has 0 aliphatic carbocycles. The first-order valence-electron chi connectivity index (χ1n) is 5.49. The summed E-state index contributed by atoms with van der Waals surface area (Å²) in [7, 11) is 0. The number of benzene rings is 1. The van der Waals surface area contributed by atoms with Crippen molar-refractivity contribution >= 4 is 39.0 Å². The highest BCUT2D eigenvalue weighted by Gasteiger charge is 2.13. The number of hydrogen-bond donors (Lipinski definition) is 1. The van der Waals surface area contributed by atoms with E-state index < -0.39 is 0 Å². The third-order valence-corrected chi connectivity index (χ3v) is 4.92. The second-order valence-corrected chi connectivity index (χ2v) is 7.03. The van der Waals surface area contributed by atoms with Gasteiger partial charge in [-0.15, -0.1) is 23.1 Å². The predicted octanol–water partition coefficient (Wildman–Crippen LogP) is 4.31. The summed E-state index contributed by atoms with van der Waals surface area (Å²) in [5.74, 6) is 0.854. The molecule has 18 heavy (non-hydrogen) atoms. The number of halogens is 1. The lowest BCUT2D eigenvalue weighted by Crippen LogP contribution is -2.17. The van der Waals surface area contributed by atoms with Gasteiger partial charge in [0.05, 0.1) is 3.79 Å². The smallest absolute Gasteiger partial charge is 0.145 e. The van der Waals surface area contributed by atoms with Crippen molar-refractivity contribution in [2.45, 2.75) is 11.0 Å². The molecule has 0 saturated heterocycles. The topological polar surface area (TPSA) is 35.2 Å². The molecule has 0 radical (unpaired) electrons. The van der Waals surface area contributed by atoms with E-state index in [0.717, 1.165) is 14.4 Å². The third-order valence-electron chi connectivity index (χ3n) is 2.46. The maximum Gasteiger partial charge on any atom is 0.145 e. The SMILES string of the molecule is CSc1ccc(OC(CN)c2ccc(Br)s2)cc1. The van der Waals surface area contributed by atoms with Gasteiger partial charge in [0.1, 0.15) is 11.9 Å². The van der Waals surface area contributed by atoms with Gasteiger partial charge in [0.25, 0.3) is 0 Å². The Bertz CT molecular complexity index is 498. The second-order valence-electron chi connectivity index (χ2n) is 3.66. The Balaban J connectivity index is 2.10. The van der Waals surface area contributed by atoms with Crippen molar-refractivity contribution in [2.24, 2.45) is 5.73 Å². The molecule has 1 unspecified atom stereocenters. The average molecular weight is 344 g/mol. The molecule has 0 amide bonds. The molecule has 0 saturated carbocycles. The Kier molecular flexibility index (Phi) is 5.12. The highest BCUT2D eigenvalue weighted by molar-refractivity contribution is 9.11. The largest absolute Gasteiger partial charge is 0.484 e. The molecule has 2 aromatic rings. The molecule has 0 aliphatic rings. The van der Waals surface area contributed by atoms with E-state index in [1.54, 1.807) is 23.1 Å². The minimum Gasteiger partial charge on any atom is -0.484 e. The van der Waals surface area contributed by atoms with Crippen LogP contribution < -0.4 is 10.5 Å². The van der Waals surface area contributed by atoms with E-state index in [9.17, 15) is 0 Å². The standard InChI is InChI=1S/C13H14BrNOS2/c1-17-10-4-2-9(3-5-10)16-11(8-15)12-6-7-13(14)18-12/h2-7,11H,8,15H2,1H3. The van der Waals surface area contributed by atoms with Crippen LogP contribution in [0.15, 0.2) is 45.1 Å². The molecule has 1 aromatic carbocycles. The summed E-state index contributed by atoms with van der Waals surface area (Å²) >= 11 is 6.83. The van der Waals surface area contributed by atoms with Crippen molar-refractivity contribution in [3.05, 3.63) is 45.1 Å². The van der Waals surface area contributed by atoms with Gasteiger partial charge in [-0.25, -0.2) is 0 Å². The number of nitrogens with two attached hydrogens (primary N) is 1. The van der Waals surface area contributed by atoms with Crippen LogP contribution in [0.4, 0.5) is 0 Å². The van der Waals surface area contributed by atoms with Crippen molar-refractivity contribution in [2.75, 3.05) is 12.8 Å². The van der Waals surface area contributed by atoms with Crippen LogP contribution in [0.3, 0.4) is 0 Å².